The predicted octanol–water partition coefficient (Wildman–Crippen LogP) is 5.59. The molecule has 3 aromatic heterocycles. The molecule has 0 spiro atoms. The molecule has 7 nitrogen and oxygen atoms in total. The molecule has 0 saturated heterocycles. The van der Waals surface area contributed by atoms with Crippen molar-refractivity contribution in [3.8, 4) is 11.3 Å². The Hall–Kier alpha value is -4.41. The second kappa shape index (κ2) is 9.61. The summed E-state index contributed by atoms with van der Waals surface area (Å²) >= 11 is 0. The Balaban J connectivity index is 1.41. The minimum atomic E-state index is -4.42. The summed E-state index contributed by atoms with van der Waals surface area (Å²) in [6.07, 6.45) is 2.63. The molecule has 34 heavy (non-hydrogen) atoms. The number of benzene rings is 1. The summed E-state index contributed by atoms with van der Waals surface area (Å²) in [4.78, 5) is 16.2. The molecular weight excluding hydrogens is 450 g/mol. The molecule has 0 amide bonds. The van der Waals surface area contributed by atoms with Gasteiger partial charge in [0.2, 0.25) is 5.95 Å². The first-order valence-corrected chi connectivity index (χ1v) is 9.92. The van der Waals surface area contributed by atoms with Gasteiger partial charge in [-0.1, -0.05) is 6.07 Å². The zero-order valence-corrected chi connectivity index (χ0v) is 17.7. The Labute approximate surface area is 191 Å². The van der Waals surface area contributed by atoms with E-state index in [1.165, 1.54) is 30.7 Å². The van der Waals surface area contributed by atoms with Crippen molar-refractivity contribution in [2.45, 2.75) is 13.1 Å². The number of rotatable bonds is 6. The molecule has 11 heteroatoms. The van der Waals surface area contributed by atoms with Gasteiger partial charge in [0.15, 0.2) is 5.82 Å². The molecule has 3 heterocycles. The summed E-state index contributed by atoms with van der Waals surface area (Å²) in [5.41, 5.74) is 4.59. The van der Waals surface area contributed by atoms with Crippen molar-refractivity contribution in [3.63, 3.8) is 0 Å². The Morgan fingerprint density at radius 3 is 2.53 bits per heavy atom. The molecule has 0 aliphatic heterocycles. The van der Waals surface area contributed by atoms with E-state index in [2.05, 4.69) is 35.8 Å². The van der Waals surface area contributed by atoms with Gasteiger partial charge in [-0.3, -0.25) is 9.97 Å². The minimum absolute atomic E-state index is 0.0805. The lowest BCUT2D eigenvalue weighted by Crippen LogP contribution is -2.05. The van der Waals surface area contributed by atoms with Crippen LogP contribution in [0, 0.1) is 12.7 Å². The highest BCUT2D eigenvalue weighted by atomic mass is 19.4. The largest absolute Gasteiger partial charge is 0.416 e. The van der Waals surface area contributed by atoms with Crippen LogP contribution in [0.5, 0.6) is 0 Å². The number of hydrogen-bond acceptors (Lipinski definition) is 7. The molecule has 0 radical (unpaired) electrons. The summed E-state index contributed by atoms with van der Waals surface area (Å²) in [5, 5.41) is 6.87. The van der Waals surface area contributed by atoms with Gasteiger partial charge in [0, 0.05) is 23.6 Å². The predicted molar refractivity (Wildman–Crippen MR) is 120 cm³/mol. The standard InChI is InChI=1S/C23H17F4N7/c1-14-7-15(10-28-9-14)21-20(24)13-30-22(33-21)34-31-12-18-5-6-19(11-29-18)32-17-4-2-3-16(8-17)23(25,26)27/h2-13,32H,1H3,(H,30,33,34)/b31-12+. The van der Waals surface area contributed by atoms with Gasteiger partial charge in [-0.2, -0.15) is 18.3 Å². The van der Waals surface area contributed by atoms with Gasteiger partial charge in [0.25, 0.3) is 0 Å². The lowest BCUT2D eigenvalue weighted by molar-refractivity contribution is -0.137. The van der Waals surface area contributed by atoms with E-state index >= 15 is 0 Å². The molecule has 4 rings (SSSR count). The maximum absolute atomic E-state index is 14.2. The van der Waals surface area contributed by atoms with E-state index in [0.717, 1.165) is 23.9 Å². The van der Waals surface area contributed by atoms with Gasteiger partial charge in [0.05, 0.1) is 35.6 Å². The normalized spacial score (nSPS) is 11.6. The SMILES string of the molecule is Cc1cncc(-c2nc(N/N=C/c3ccc(Nc4cccc(C(F)(F)F)c4)cn3)ncc2F)c1. The van der Waals surface area contributed by atoms with E-state index in [0.29, 0.717) is 16.9 Å². The number of anilines is 3. The molecule has 4 aromatic rings. The van der Waals surface area contributed by atoms with E-state index in [1.807, 2.05) is 6.92 Å². The van der Waals surface area contributed by atoms with E-state index < -0.39 is 17.6 Å². The molecule has 0 saturated carbocycles. The topological polar surface area (TPSA) is 88.0 Å². The lowest BCUT2D eigenvalue weighted by atomic mass is 10.1. The molecule has 0 unspecified atom stereocenters. The molecular formula is C23H17F4N7. The smallest absolute Gasteiger partial charge is 0.354 e. The highest BCUT2D eigenvalue weighted by molar-refractivity contribution is 5.78. The second-order valence-electron chi connectivity index (χ2n) is 7.19. The van der Waals surface area contributed by atoms with Crippen LogP contribution in [0.25, 0.3) is 11.3 Å². The Kier molecular flexibility index (Phi) is 6.44. The van der Waals surface area contributed by atoms with Crippen molar-refractivity contribution in [3.05, 3.63) is 89.9 Å². The average molecular weight is 467 g/mol. The lowest BCUT2D eigenvalue weighted by Gasteiger charge is -2.10. The van der Waals surface area contributed by atoms with Crippen LogP contribution in [-0.2, 0) is 6.18 Å². The molecule has 0 atom stereocenters. The number of nitrogens with one attached hydrogen (secondary N) is 2. The number of alkyl halides is 3. The fraction of sp³-hybridized carbons (Fsp3) is 0.0870. The number of hydrazone groups is 1. The maximum Gasteiger partial charge on any atom is 0.416 e. The summed E-state index contributed by atoms with van der Waals surface area (Å²) in [6.45, 7) is 1.84. The van der Waals surface area contributed by atoms with Gasteiger partial charge in [-0.15, -0.1) is 0 Å². The van der Waals surface area contributed by atoms with Gasteiger partial charge in [-0.25, -0.2) is 19.8 Å². The van der Waals surface area contributed by atoms with Crippen molar-refractivity contribution in [1.82, 2.24) is 19.9 Å². The van der Waals surface area contributed by atoms with Crippen LogP contribution in [0.1, 0.15) is 16.8 Å². The molecule has 0 aliphatic carbocycles. The molecule has 1 aromatic carbocycles. The summed E-state index contributed by atoms with van der Waals surface area (Å²) in [7, 11) is 0. The number of aromatic nitrogens is 4. The van der Waals surface area contributed by atoms with E-state index in [9.17, 15) is 17.6 Å². The highest BCUT2D eigenvalue weighted by Gasteiger charge is 2.30. The zero-order chi connectivity index (χ0) is 24.1. The van der Waals surface area contributed by atoms with Gasteiger partial charge in [-0.05, 0) is 48.9 Å². The maximum atomic E-state index is 14.2. The van der Waals surface area contributed by atoms with Crippen molar-refractivity contribution < 1.29 is 17.6 Å². The molecule has 0 fully saturated rings. The Morgan fingerprint density at radius 1 is 0.941 bits per heavy atom. The van der Waals surface area contributed by atoms with Crippen LogP contribution in [0.3, 0.4) is 0 Å². The number of hydrogen-bond donors (Lipinski definition) is 2. The van der Waals surface area contributed by atoms with Crippen molar-refractivity contribution in [2.24, 2.45) is 5.10 Å². The first-order valence-electron chi connectivity index (χ1n) is 9.92. The molecule has 2 N–H and O–H groups in total. The molecule has 0 aliphatic rings. The van der Waals surface area contributed by atoms with Crippen LogP contribution in [-0.4, -0.2) is 26.2 Å². The first-order chi connectivity index (χ1) is 16.3. The van der Waals surface area contributed by atoms with Crippen LogP contribution in [0.4, 0.5) is 34.9 Å². The third kappa shape index (κ3) is 5.68. The highest BCUT2D eigenvalue weighted by Crippen LogP contribution is 2.31. The first kappa shape index (κ1) is 22.8. The van der Waals surface area contributed by atoms with Crippen molar-refractivity contribution in [1.29, 1.82) is 0 Å². The summed E-state index contributed by atoms with van der Waals surface area (Å²) in [5.74, 6) is -0.510. The second-order valence-corrected chi connectivity index (χ2v) is 7.19. The van der Waals surface area contributed by atoms with Crippen LogP contribution < -0.4 is 10.7 Å². The van der Waals surface area contributed by atoms with E-state index in [1.54, 1.807) is 24.4 Å². The minimum Gasteiger partial charge on any atom is -0.354 e. The van der Waals surface area contributed by atoms with Crippen LogP contribution >= 0.6 is 0 Å². The quantitative estimate of drug-likeness (QED) is 0.218. The number of halogens is 4. The number of pyridine rings is 2. The van der Waals surface area contributed by atoms with Gasteiger partial charge < -0.3 is 5.32 Å². The number of aryl methyl sites for hydroxylation is 1. The average Bonchev–Trinajstić information content (AvgIpc) is 2.81. The summed E-state index contributed by atoms with van der Waals surface area (Å²) < 4.78 is 52.7. The van der Waals surface area contributed by atoms with E-state index in [4.69, 9.17) is 0 Å². The monoisotopic (exact) mass is 467 g/mol. The summed E-state index contributed by atoms with van der Waals surface area (Å²) in [6, 6.07) is 9.89. The third-order valence-corrected chi connectivity index (χ3v) is 4.52. The number of nitrogens with zero attached hydrogens (tertiary/aromatic N) is 5. The zero-order valence-electron chi connectivity index (χ0n) is 17.7. The van der Waals surface area contributed by atoms with Crippen LogP contribution in [0.2, 0.25) is 0 Å². The fourth-order valence-corrected chi connectivity index (χ4v) is 2.96. The Bertz CT molecular complexity index is 1320. The molecule has 172 valence electrons. The van der Waals surface area contributed by atoms with Crippen molar-refractivity contribution in [2.75, 3.05) is 10.7 Å². The Morgan fingerprint density at radius 2 is 1.79 bits per heavy atom. The van der Waals surface area contributed by atoms with E-state index in [-0.39, 0.29) is 17.3 Å². The van der Waals surface area contributed by atoms with Crippen molar-refractivity contribution >= 4 is 23.5 Å². The van der Waals surface area contributed by atoms with Crippen LogP contribution in [0.15, 0.2) is 72.4 Å². The molecule has 0 bridgehead atoms. The fourth-order valence-electron chi connectivity index (χ4n) is 2.96. The third-order valence-electron chi connectivity index (χ3n) is 4.52. The van der Waals surface area contributed by atoms with Gasteiger partial charge >= 0.3 is 6.18 Å². The van der Waals surface area contributed by atoms with Gasteiger partial charge in [0.1, 0.15) is 5.69 Å².